The lowest BCUT2D eigenvalue weighted by Gasteiger charge is -2.10. The van der Waals surface area contributed by atoms with Crippen LogP contribution in [0.15, 0.2) is 156 Å². The fourth-order valence-electron chi connectivity index (χ4n) is 6.35. The molecule has 206 valence electrons. The van der Waals surface area contributed by atoms with Crippen molar-refractivity contribution in [1.82, 2.24) is 14.5 Å². The zero-order valence-electron chi connectivity index (χ0n) is 23.7. The molecule has 4 heteroatoms. The number of nitrogens with zero attached hydrogens (tertiary/aromatic N) is 3. The Bertz CT molecular complexity index is 2480. The SMILES string of the molecule is c1ccc(-c2cccc(-n3c4ccccc4c4cc5oc6c(-c7ccccc7)nc(-c7ccccc7)nc6c5cc43)c2)cc1. The molecule has 0 aliphatic heterocycles. The third-order valence-corrected chi connectivity index (χ3v) is 8.40. The van der Waals surface area contributed by atoms with E-state index >= 15 is 0 Å². The minimum absolute atomic E-state index is 0.677. The van der Waals surface area contributed by atoms with Crippen molar-refractivity contribution in [3.63, 3.8) is 0 Å². The van der Waals surface area contributed by atoms with Crippen LogP contribution in [0.2, 0.25) is 0 Å². The van der Waals surface area contributed by atoms with Crippen LogP contribution in [0.4, 0.5) is 0 Å². The first-order chi connectivity index (χ1) is 21.8. The second-order valence-corrected chi connectivity index (χ2v) is 11.0. The Morgan fingerprint density at radius 3 is 1.89 bits per heavy atom. The zero-order valence-corrected chi connectivity index (χ0v) is 23.7. The fourth-order valence-corrected chi connectivity index (χ4v) is 6.35. The van der Waals surface area contributed by atoms with E-state index in [1.165, 1.54) is 16.5 Å². The Balaban J connectivity index is 1.36. The van der Waals surface area contributed by atoms with Gasteiger partial charge in [0.1, 0.15) is 16.8 Å². The largest absolute Gasteiger partial charge is 0.452 e. The Hall–Kier alpha value is -6.00. The summed E-state index contributed by atoms with van der Waals surface area (Å²) in [6, 6.07) is 52.6. The van der Waals surface area contributed by atoms with Gasteiger partial charge in [0, 0.05) is 33.0 Å². The van der Waals surface area contributed by atoms with Crippen LogP contribution in [-0.2, 0) is 0 Å². The van der Waals surface area contributed by atoms with Crippen LogP contribution >= 0.6 is 0 Å². The van der Waals surface area contributed by atoms with Crippen molar-refractivity contribution in [3.8, 4) is 39.5 Å². The molecular formula is C40H25N3O. The van der Waals surface area contributed by atoms with E-state index in [4.69, 9.17) is 14.4 Å². The third-order valence-electron chi connectivity index (χ3n) is 8.40. The van der Waals surface area contributed by atoms with Gasteiger partial charge in [0.2, 0.25) is 0 Å². The maximum Gasteiger partial charge on any atom is 0.180 e. The van der Waals surface area contributed by atoms with E-state index in [1.807, 2.05) is 48.5 Å². The first kappa shape index (κ1) is 24.6. The van der Waals surface area contributed by atoms with E-state index in [2.05, 4.69) is 108 Å². The van der Waals surface area contributed by atoms with Gasteiger partial charge in [-0.15, -0.1) is 0 Å². The molecule has 0 saturated heterocycles. The molecule has 44 heavy (non-hydrogen) atoms. The highest BCUT2D eigenvalue weighted by molar-refractivity contribution is 6.17. The van der Waals surface area contributed by atoms with Crippen molar-refractivity contribution in [1.29, 1.82) is 0 Å². The Labute approximate surface area is 253 Å². The van der Waals surface area contributed by atoms with Gasteiger partial charge >= 0.3 is 0 Å². The summed E-state index contributed by atoms with van der Waals surface area (Å²) in [6.45, 7) is 0. The van der Waals surface area contributed by atoms with Crippen LogP contribution < -0.4 is 0 Å². The molecule has 0 aliphatic carbocycles. The average molecular weight is 564 g/mol. The minimum Gasteiger partial charge on any atom is -0.452 e. The highest BCUT2D eigenvalue weighted by Gasteiger charge is 2.21. The zero-order chi connectivity index (χ0) is 29.0. The van der Waals surface area contributed by atoms with Gasteiger partial charge in [-0.05, 0) is 41.5 Å². The number of hydrogen-bond acceptors (Lipinski definition) is 3. The van der Waals surface area contributed by atoms with Crippen molar-refractivity contribution >= 4 is 43.9 Å². The molecule has 3 heterocycles. The molecule has 0 amide bonds. The highest BCUT2D eigenvalue weighted by Crippen LogP contribution is 2.40. The van der Waals surface area contributed by atoms with Gasteiger partial charge in [-0.2, -0.15) is 0 Å². The molecule has 0 bridgehead atoms. The molecule has 6 aromatic carbocycles. The molecule has 9 aromatic rings. The van der Waals surface area contributed by atoms with Gasteiger partial charge in [-0.3, -0.25) is 0 Å². The topological polar surface area (TPSA) is 43.9 Å². The normalized spacial score (nSPS) is 11.6. The average Bonchev–Trinajstić information content (AvgIpc) is 3.63. The molecule has 0 N–H and O–H groups in total. The summed E-state index contributed by atoms with van der Waals surface area (Å²) in [7, 11) is 0. The molecule has 4 nitrogen and oxygen atoms in total. The van der Waals surface area contributed by atoms with Gasteiger partial charge in [0.25, 0.3) is 0 Å². The van der Waals surface area contributed by atoms with E-state index in [-0.39, 0.29) is 0 Å². The van der Waals surface area contributed by atoms with Gasteiger partial charge in [0.05, 0.1) is 11.0 Å². The Kier molecular flexibility index (Phi) is 5.47. The smallest absolute Gasteiger partial charge is 0.180 e. The predicted molar refractivity (Wildman–Crippen MR) is 180 cm³/mol. The van der Waals surface area contributed by atoms with Gasteiger partial charge in [-0.25, -0.2) is 9.97 Å². The summed E-state index contributed by atoms with van der Waals surface area (Å²) >= 11 is 0. The fraction of sp³-hybridized carbons (Fsp3) is 0. The van der Waals surface area contributed by atoms with E-state index in [0.717, 1.165) is 55.4 Å². The molecule has 0 unspecified atom stereocenters. The van der Waals surface area contributed by atoms with Crippen molar-refractivity contribution in [2.75, 3.05) is 0 Å². The van der Waals surface area contributed by atoms with Crippen molar-refractivity contribution in [2.24, 2.45) is 0 Å². The first-order valence-electron chi connectivity index (χ1n) is 14.8. The van der Waals surface area contributed by atoms with Crippen molar-refractivity contribution in [3.05, 3.63) is 152 Å². The summed E-state index contributed by atoms with van der Waals surface area (Å²) in [4.78, 5) is 10.2. The second kappa shape index (κ2) is 9.79. The molecule has 0 saturated carbocycles. The van der Waals surface area contributed by atoms with Gasteiger partial charge in [0.15, 0.2) is 11.4 Å². The molecule has 0 fully saturated rings. The molecular weight excluding hydrogens is 538 g/mol. The van der Waals surface area contributed by atoms with Crippen LogP contribution in [0.25, 0.3) is 83.3 Å². The van der Waals surface area contributed by atoms with Crippen LogP contribution in [0.3, 0.4) is 0 Å². The molecule has 0 spiro atoms. The summed E-state index contributed by atoms with van der Waals surface area (Å²) < 4.78 is 9.00. The molecule has 3 aromatic heterocycles. The van der Waals surface area contributed by atoms with Crippen LogP contribution in [0.5, 0.6) is 0 Å². The molecule has 0 radical (unpaired) electrons. The van der Waals surface area contributed by atoms with Gasteiger partial charge < -0.3 is 8.98 Å². The number of aromatic nitrogens is 3. The maximum absolute atomic E-state index is 6.64. The summed E-state index contributed by atoms with van der Waals surface area (Å²) in [5.41, 5.74) is 10.8. The lowest BCUT2D eigenvalue weighted by Crippen LogP contribution is -1.95. The Morgan fingerprint density at radius 2 is 1.11 bits per heavy atom. The first-order valence-corrected chi connectivity index (χ1v) is 14.8. The summed E-state index contributed by atoms with van der Waals surface area (Å²) in [6.07, 6.45) is 0. The van der Waals surface area contributed by atoms with Crippen LogP contribution in [-0.4, -0.2) is 14.5 Å². The second-order valence-electron chi connectivity index (χ2n) is 11.0. The predicted octanol–water partition coefficient (Wildman–Crippen LogP) is 10.5. The van der Waals surface area contributed by atoms with E-state index in [9.17, 15) is 0 Å². The molecule has 0 aliphatic rings. The van der Waals surface area contributed by atoms with Crippen LogP contribution in [0, 0.1) is 0 Å². The number of furan rings is 1. The van der Waals surface area contributed by atoms with E-state index in [1.54, 1.807) is 0 Å². The quantitative estimate of drug-likeness (QED) is 0.214. The van der Waals surface area contributed by atoms with Crippen molar-refractivity contribution < 1.29 is 4.42 Å². The number of para-hydroxylation sites is 1. The number of fused-ring (bicyclic) bond motifs is 6. The molecule has 9 rings (SSSR count). The third kappa shape index (κ3) is 3.85. The lowest BCUT2D eigenvalue weighted by molar-refractivity contribution is 0.668. The molecule has 0 atom stereocenters. The number of hydrogen-bond donors (Lipinski definition) is 0. The summed E-state index contributed by atoms with van der Waals surface area (Å²) in [5.74, 6) is 0.677. The highest BCUT2D eigenvalue weighted by atomic mass is 16.3. The minimum atomic E-state index is 0.677. The van der Waals surface area contributed by atoms with Crippen molar-refractivity contribution in [2.45, 2.75) is 0 Å². The van der Waals surface area contributed by atoms with E-state index in [0.29, 0.717) is 11.4 Å². The standard InChI is InChI=1S/C40H25N3O/c1-4-13-26(14-5-1)29-19-12-20-30(23-29)43-34-22-11-10-21-31(34)32-25-36-33(24-35(32)43)38-39(44-36)37(27-15-6-2-7-16-27)41-40(42-38)28-17-8-3-9-18-28/h1-25H. The number of benzene rings is 6. The van der Waals surface area contributed by atoms with E-state index < -0.39 is 0 Å². The Morgan fingerprint density at radius 1 is 0.455 bits per heavy atom. The maximum atomic E-state index is 6.64. The van der Waals surface area contributed by atoms with Gasteiger partial charge in [-0.1, -0.05) is 121 Å². The number of rotatable bonds is 4. The summed E-state index contributed by atoms with van der Waals surface area (Å²) in [5, 5.41) is 3.27. The monoisotopic (exact) mass is 563 g/mol. The van der Waals surface area contributed by atoms with Crippen LogP contribution in [0.1, 0.15) is 0 Å². The lowest BCUT2D eigenvalue weighted by atomic mass is 10.1.